The van der Waals surface area contributed by atoms with E-state index in [1.807, 2.05) is 32.9 Å². The molecule has 0 aliphatic heterocycles. The lowest BCUT2D eigenvalue weighted by molar-refractivity contribution is -0.276. The molecule has 0 radical (unpaired) electrons. The second-order valence-electron chi connectivity index (χ2n) is 8.33. The summed E-state index contributed by atoms with van der Waals surface area (Å²) in [5.74, 6) is -2.23. The number of aromatic carboxylic acids is 1. The predicted octanol–water partition coefficient (Wildman–Crippen LogP) is 5.08. The number of carbonyl (C=O) groups is 2. The number of halogens is 3. The third-order valence-corrected chi connectivity index (χ3v) is 4.60. The highest BCUT2D eigenvalue weighted by Gasteiger charge is 2.32. The molecule has 2 aromatic carbocycles. The fourth-order valence-corrected chi connectivity index (χ4v) is 3.11. The first-order valence-corrected chi connectivity index (χ1v) is 10.2. The van der Waals surface area contributed by atoms with Crippen LogP contribution in [0.3, 0.4) is 0 Å². The van der Waals surface area contributed by atoms with Crippen LogP contribution < -0.4 is 25.2 Å². The molecule has 0 fully saturated rings. The third kappa shape index (κ3) is 6.85. The number of carboxylic acid groups (broad SMARTS) is 1. The highest BCUT2D eigenvalue weighted by Crippen LogP contribution is 2.35. The molecule has 184 valence electrons. The Labute approximate surface area is 198 Å². The summed E-state index contributed by atoms with van der Waals surface area (Å²) in [4.78, 5) is 27.9. The van der Waals surface area contributed by atoms with E-state index in [0.717, 1.165) is 23.8 Å². The number of pyridine rings is 1. The first-order chi connectivity index (χ1) is 16.3. The van der Waals surface area contributed by atoms with E-state index in [-0.39, 0.29) is 22.7 Å². The zero-order valence-corrected chi connectivity index (χ0v) is 18.9. The number of alkyl halides is 3. The number of rotatable bonds is 6. The van der Waals surface area contributed by atoms with Gasteiger partial charge in [0.15, 0.2) is 0 Å². The lowest BCUT2D eigenvalue weighted by Crippen LogP contribution is -2.26. The van der Waals surface area contributed by atoms with Crippen LogP contribution in [0.2, 0.25) is 0 Å². The first-order valence-electron chi connectivity index (χ1n) is 10.2. The maximum atomic E-state index is 12.5. The van der Waals surface area contributed by atoms with Gasteiger partial charge in [0, 0.05) is 23.0 Å². The molecule has 3 rings (SSSR count). The Kier molecular flexibility index (Phi) is 7.18. The number of ether oxygens (including phenoxy) is 2. The Bertz CT molecular complexity index is 1240. The molecule has 1 aromatic heterocycles. The van der Waals surface area contributed by atoms with Crippen LogP contribution in [0.15, 0.2) is 60.8 Å². The molecule has 0 saturated carbocycles. The molecule has 0 saturated heterocycles. The maximum absolute atomic E-state index is 12.5. The number of aromatic nitrogens is 1. The average Bonchev–Trinajstić information content (AvgIpc) is 2.74. The monoisotopic (exact) mass is 488 g/mol. The van der Waals surface area contributed by atoms with Crippen LogP contribution >= 0.6 is 0 Å². The van der Waals surface area contributed by atoms with Crippen LogP contribution in [0.5, 0.6) is 17.4 Å². The van der Waals surface area contributed by atoms with Crippen molar-refractivity contribution >= 4 is 23.4 Å². The molecule has 1 heterocycles. The number of hydrogen-bond donors (Lipinski definition) is 2. The van der Waals surface area contributed by atoms with Gasteiger partial charge in [0.05, 0.1) is 5.97 Å². The molecule has 2 amide bonds. The van der Waals surface area contributed by atoms with Crippen LogP contribution in [0.1, 0.15) is 36.7 Å². The van der Waals surface area contributed by atoms with E-state index < -0.39 is 29.7 Å². The largest absolute Gasteiger partial charge is 0.573 e. The second-order valence-corrected chi connectivity index (χ2v) is 8.33. The summed E-state index contributed by atoms with van der Waals surface area (Å²) >= 11 is 0. The molecule has 0 aliphatic rings. The molecule has 0 atom stereocenters. The number of nitrogens with one attached hydrogen (secondary N) is 2. The van der Waals surface area contributed by atoms with Crippen LogP contribution in [-0.4, -0.2) is 23.3 Å². The van der Waals surface area contributed by atoms with Crippen molar-refractivity contribution in [1.29, 1.82) is 0 Å². The zero-order valence-electron chi connectivity index (χ0n) is 18.9. The summed E-state index contributed by atoms with van der Waals surface area (Å²) in [6.45, 7) is 6.06. The summed E-state index contributed by atoms with van der Waals surface area (Å²) in [5.41, 5.74) is -0.109. The van der Waals surface area contributed by atoms with Crippen LogP contribution in [-0.2, 0) is 5.41 Å². The van der Waals surface area contributed by atoms with E-state index in [1.54, 1.807) is 18.2 Å². The van der Waals surface area contributed by atoms with Gasteiger partial charge in [-0.1, -0.05) is 39.0 Å². The molecule has 0 bridgehead atoms. The number of hydrogen-bond acceptors (Lipinski definition) is 6. The zero-order chi connectivity index (χ0) is 25.8. The van der Waals surface area contributed by atoms with Gasteiger partial charge in [-0.2, -0.15) is 0 Å². The van der Waals surface area contributed by atoms with Crippen molar-refractivity contribution < 1.29 is 37.3 Å². The molecule has 11 heteroatoms. The van der Waals surface area contributed by atoms with E-state index in [4.69, 9.17) is 4.74 Å². The minimum Gasteiger partial charge on any atom is -0.545 e. The fourth-order valence-electron chi connectivity index (χ4n) is 3.11. The van der Waals surface area contributed by atoms with Crippen molar-refractivity contribution in [3.63, 3.8) is 0 Å². The smallest absolute Gasteiger partial charge is 0.545 e. The summed E-state index contributed by atoms with van der Waals surface area (Å²) < 4.78 is 47.1. The lowest BCUT2D eigenvalue weighted by Gasteiger charge is -2.22. The fraction of sp³-hybridized carbons (Fsp3) is 0.208. The van der Waals surface area contributed by atoms with Crippen LogP contribution in [0.25, 0.3) is 0 Å². The van der Waals surface area contributed by atoms with Crippen molar-refractivity contribution in [2.75, 3.05) is 10.6 Å². The van der Waals surface area contributed by atoms with Gasteiger partial charge < -0.3 is 30.0 Å². The summed E-state index contributed by atoms with van der Waals surface area (Å²) in [6.07, 6.45) is -3.62. The molecule has 2 N–H and O–H groups in total. The van der Waals surface area contributed by atoms with Gasteiger partial charge >= 0.3 is 12.4 Å². The van der Waals surface area contributed by atoms with Crippen molar-refractivity contribution in [1.82, 2.24) is 4.98 Å². The van der Waals surface area contributed by atoms with Crippen molar-refractivity contribution in [3.05, 3.63) is 71.9 Å². The number of amides is 2. The van der Waals surface area contributed by atoms with Crippen LogP contribution in [0.4, 0.5) is 29.3 Å². The van der Waals surface area contributed by atoms with Gasteiger partial charge in [-0.05, 0) is 41.8 Å². The number of carboxylic acids is 1. The van der Waals surface area contributed by atoms with Gasteiger partial charge in [0.1, 0.15) is 17.2 Å². The molecular formula is C24H21F3N3O5-. The Morgan fingerprint density at radius 2 is 1.66 bits per heavy atom. The van der Waals surface area contributed by atoms with E-state index in [9.17, 15) is 27.9 Å². The SMILES string of the molecule is CC(C)(C)c1ccccc1Oc1ncccc1NC(=O)Nc1ccc(OC(F)(F)F)c(C(=O)[O-])c1. The highest BCUT2D eigenvalue weighted by molar-refractivity contribution is 6.01. The lowest BCUT2D eigenvalue weighted by atomic mass is 9.86. The number of carbonyl (C=O) groups excluding carboxylic acids is 2. The number of benzene rings is 2. The standard InChI is InChI=1S/C24H22F3N3O5/c1-23(2,3)16-7-4-5-9-19(16)34-20-17(8-6-12-28-20)30-22(33)29-14-10-11-18(35-24(25,26)27)15(13-14)21(31)32/h4-13H,1-3H3,(H,31,32)(H2,29,30,33)/p-1. The van der Waals surface area contributed by atoms with Crippen molar-refractivity contribution in [3.8, 4) is 17.4 Å². The molecule has 0 aliphatic carbocycles. The Morgan fingerprint density at radius 3 is 2.31 bits per heavy atom. The molecular weight excluding hydrogens is 467 g/mol. The molecule has 0 spiro atoms. The Hall–Kier alpha value is -4.28. The van der Waals surface area contributed by atoms with Crippen molar-refractivity contribution in [2.24, 2.45) is 0 Å². The van der Waals surface area contributed by atoms with E-state index in [2.05, 4.69) is 20.4 Å². The van der Waals surface area contributed by atoms with Crippen LogP contribution in [0, 0.1) is 0 Å². The average molecular weight is 488 g/mol. The van der Waals surface area contributed by atoms with Crippen molar-refractivity contribution in [2.45, 2.75) is 32.5 Å². The molecule has 3 aromatic rings. The Morgan fingerprint density at radius 1 is 0.943 bits per heavy atom. The minimum absolute atomic E-state index is 0.101. The number of nitrogens with zero attached hydrogens (tertiary/aromatic N) is 1. The summed E-state index contributed by atoms with van der Waals surface area (Å²) in [6, 6.07) is 12.2. The highest BCUT2D eigenvalue weighted by atomic mass is 19.4. The van der Waals surface area contributed by atoms with Gasteiger partial charge in [-0.25, -0.2) is 9.78 Å². The quantitative estimate of drug-likeness (QED) is 0.501. The molecule has 35 heavy (non-hydrogen) atoms. The van der Waals surface area contributed by atoms with E-state index in [0.29, 0.717) is 5.75 Å². The minimum atomic E-state index is -5.10. The van der Waals surface area contributed by atoms with Gasteiger partial charge in [0.2, 0.25) is 5.88 Å². The van der Waals surface area contributed by atoms with Gasteiger partial charge in [0.25, 0.3) is 0 Å². The summed E-state index contributed by atoms with van der Waals surface area (Å²) in [7, 11) is 0. The second kappa shape index (κ2) is 9.92. The normalized spacial score (nSPS) is 11.5. The van der Waals surface area contributed by atoms with Gasteiger partial charge in [-0.15, -0.1) is 13.2 Å². The topological polar surface area (TPSA) is 113 Å². The summed E-state index contributed by atoms with van der Waals surface area (Å²) in [5, 5.41) is 16.1. The number of para-hydroxylation sites is 1. The molecule has 0 unspecified atom stereocenters. The van der Waals surface area contributed by atoms with Gasteiger partial charge in [-0.3, -0.25) is 0 Å². The first kappa shape index (κ1) is 25.3. The molecule has 8 nitrogen and oxygen atoms in total. The maximum Gasteiger partial charge on any atom is 0.573 e. The third-order valence-electron chi connectivity index (χ3n) is 4.60. The number of urea groups is 1. The van der Waals surface area contributed by atoms with E-state index in [1.165, 1.54) is 12.3 Å². The number of anilines is 2. The predicted molar refractivity (Wildman–Crippen MR) is 120 cm³/mol. The Balaban J connectivity index is 1.79. The van der Waals surface area contributed by atoms with E-state index >= 15 is 0 Å².